The summed E-state index contributed by atoms with van der Waals surface area (Å²) in [5.41, 5.74) is 1.18. The Morgan fingerprint density at radius 2 is 1.96 bits per heavy atom. The maximum absolute atomic E-state index is 12.5. The highest BCUT2D eigenvalue weighted by molar-refractivity contribution is 5.82. The van der Waals surface area contributed by atoms with Crippen LogP contribution in [0.4, 0.5) is 0 Å². The third-order valence-electron chi connectivity index (χ3n) is 4.72. The van der Waals surface area contributed by atoms with Crippen molar-refractivity contribution in [2.75, 3.05) is 27.2 Å². The molecule has 0 bridgehead atoms. The van der Waals surface area contributed by atoms with Crippen molar-refractivity contribution in [3.8, 4) is 0 Å². The number of benzene rings is 1. The smallest absolute Gasteiger partial charge is 0.252 e. The van der Waals surface area contributed by atoms with Crippen LogP contribution in [-0.2, 0) is 11.2 Å². The number of carbonyl (C=O) groups excluding carboxylic acids is 1. The van der Waals surface area contributed by atoms with E-state index in [9.17, 15) is 9.59 Å². The summed E-state index contributed by atoms with van der Waals surface area (Å²) < 4.78 is 0. The number of amides is 1. The Bertz CT molecular complexity index is 758. The number of aromatic amines is 1. The zero-order chi connectivity index (χ0) is 16.4. The molecule has 2 heterocycles. The number of nitrogens with one attached hydrogen (secondary N) is 1. The first-order valence-corrected chi connectivity index (χ1v) is 8.10. The van der Waals surface area contributed by atoms with Crippen LogP contribution in [0, 0.1) is 0 Å². The van der Waals surface area contributed by atoms with E-state index in [2.05, 4.69) is 24.0 Å². The minimum Gasteiger partial charge on any atom is -0.342 e. The summed E-state index contributed by atoms with van der Waals surface area (Å²) >= 11 is 0. The number of fused-ring (bicyclic) bond motifs is 1. The summed E-state index contributed by atoms with van der Waals surface area (Å²) in [7, 11) is 4.16. The highest BCUT2D eigenvalue weighted by Gasteiger charge is 2.24. The van der Waals surface area contributed by atoms with Gasteiger partial charge in [0.1, 0.15) is 0 Å². The summed E-state index contributed by atoms with van der Waals surface area (Å²) in [5, 5.41) is 0.959. The first-order chi connectivity index (χ1) is 11.0. The molecule has 3 rings (SSSR count). The molecule has 1 aromatic carbocycles. The van der Waals surface area contributed by atoms with Crippen molar-refractivity contribution in [1.82, 2.24) is 14.8 Å². The van der Waals surface area contributed by atoms with E-state index in [1.54, 1.807) is 0 Å². The van der Waals surface area contributed by atoms with Gasteiger partial charge in [-0.15, -0.1) is 0 Å². The summed E-state index contributed by atoms with van der Waals surface area (Å²) in [6, 6.07) is 10.0. The number of pyridine rings is 1. The Morgan fingerprint density at radius 1 is 1.26 bits per heavy atom. The molecule has 1 aliphatic heterocycles. The molecule has 5 nitrogen and oxygen atoms in total. The second-order valence-corrected chi connectivity index (χ2v) is 6.46. The fraction of sp³-hybridized carbons (Fsp3) is 0.444. The van der Waals surface area contributed by atoms with E-state index in [-0.39, 0.29) is 17.9 Å². The van der Waals surface area contributed by atoms with Crippen molar-refractivity contribution in [3.05, 3.63) is 46.2 Å². The Balaban J connectivity index is 1.71. The molecule has 2 aromatic rings. The van der Waals surface area contributed by atoms with Crippen molar-refractivity contribution >= 4 is 16.8 Å². The van der Waals surface area contributed by atoms with Gasteiger partial charge in [-0.1, -0.05) is 18.2 Å². The van der Waals surface area contributed by atoms with E-state index in [1.807, 2.05) is 35.2 Å². The highest BCUT2D eigenvalue weighted by atomic mass is 16.2. The van der Waals surface area contributed by atoms with Gasteiger partial charge in [0.2, 0.25) is 5.91 Å². The van der Waals surface area contributed by atoms with Gasteiger partial charge in [0.15, 0.2) is 0 Å². The normalized spacial score (nSPS) is 16.2. The van der Waals surface area contributed by atoms with Crippen LogP contribution in [0.1, 0.15) is 18.4 Å². The standard InChI is InChI=1S/C18H23N3O2/c1-20(2)15-7-9-21(10-8-15)17(22)12-14-11-13-5-3-4-6-16(13)19-18(14)23/h3-6,11,15H,7-10,12H2,1-2H3,(H,19,23). The molecule has 1 fully saturated rings. The summed E-state index contributed by atoms with van der Waals surface area (Å²) in [4.78, 5) is 31.6. The number of rotatable bonds is 3. The number of likely N-dealkylation sites (tertiary alicyclic amines) is 1. The Hall–Kier alpha value is -2.14. The van der Waals surface area contributed by atoms with Crippen LogP contribution < -0.4 is 5.56 Å². The number of carbonyl (C=O) groups is 1. The third kappa shape index (κ3) is 3.45. The number of aromatic nitrogens is 1. The fourth-order valence-corrected chi connectivity index (χ4v) is 3.23. The monoisotopic (exact) mass is 313 g/mol. The first kappa shape index (κ1) is 15.7. The molecule has 0 spiro atoms. The number of para-hydroxylation sites is 1. The van der Waals surface area contributed by atoms with E-state index in [0.717, 1.165) is 36.8 Å². The lowest BCUT2D eigenvalue weighted by Gasteiger charge is -2.35. The SMILES string of the molecule is CN(C)C1CCN(C(=O)Cc2cc3ccccc3[nH]c2=O)CC1. The molecule has 0 unspecified atom stereocenters. The Kier molecular flexibility index (Phi) is 4.48. The lowest BCUT2D eigenvalue weighted by atomic mass is 10.0. The van der Waals surface area contributed by atoms with Crippen LogP contribution in [0.3, 0.4) is 0 Å². The number of nitrogens with zero attached hydrogens (tertiary/aromatic N) is 2. The van der Waals surface area contributed by atoms with Crippen LogP contribution in [0.15, 0.2) is 35.1 Å². The van der Waals surface area contributed by atoms with Crippen molar-refractivity contribution in [2.24, 2.45) is 0 Å². The van der Waals surface area contributed by atoms with Gasteiger partial charge in [-0.05, 0) is 44.5 Å². The van der Waals surface area contributed by atoms with Crippen LogP contribution in [0.5, 0.6) is 0 Å². The quantitative estimate of drug-likeness (QED) is 0.937. The molecule has 0 saturated carbocycles. The van der Waals surface area contributed by atoms with E-state index < -0.39 is 0 Å². The molecular weight excluding hydrogens is 290 g/mol. The summed E-state index contributed by atoms with van der Waals surface area (Å²) in [6.07, 6.45) is 2.16. The van der Waals surface area contributed by atoms with E-state index >= 15 is 0 Å². The average molecular weight is 313 g/mol. The predicted molar refractivity (Wildman–Crippen MR) is 91.6 cm³/mol. The number of hydrogen-bond donors (Lipinski definition) is 1. The Morgan fingerprint density at radius 3 is 2.65 bits per heavy atom. The van der Waals surface area contributed by atoms with Crippen molar-refractivity contribution < 1.29 is 4.79 Å². The third-order valence-corrected chi connectivity index (χ3v) is 4.72. The van der Waals surface area contributed by atoms with Gasteiger partial charge < -0.3 is 14.8 Å². The van der Waals surface area contributed by atoms with Gasteiger partial charge in [-0.2, -0.15) is 0 Å². The molecular formula is C18H23N3O2. The van der Waals surface area contributed by atoms with Gasteiger partial charge in [0.05, 0.1) is 6.42 Å². The Labute approximate surface area is 135 Å². The lowest BCUT2D eigenvalue weighted by Crippen LogP contribution is -2.45. The average Bonchev–Trinajstić information content (AvgIpc) is 2.55. The second kappa shape index (κ2) is 6.54. The van der Waals surface area contributed by atoms with Crippen LogP contribution >= 0.6 is 0 Å². The van der Waals surface area contributed by atoms with Gasteiger partial charge >= 0.3 is 0 Å². The minimum absolute atomic E-state index is 0.0444. The van der Waals surface area contributed by atoms with Gasteiger partial charge in [-0.25, -0.2) is 0 Å². The molecule has 1 N–H and O–H groups in total. The predicted octanol–water partition coefficient (Wildman–Crippen LogP) is 1.62. The minimum atomic E-state index is -0.166. The van der Waals surface area contributed by atoms with E-state index in [1.165, 1.54) is 0 Å². The molecule has 0 atom stereocenters. The van der Waals surface area contributed by atoms with Crippen LogP contribution in [-0.4, -0.2) is 53.9 Å². The molecule has 0 radical (unpaired) electrons. The van der Waals surface area contributed by atoms with Crippen molar-refractivity contribution in [1.29, 1.82) is 0 Å². The molecule has 1 saturated heterocycles. The highest BCUT2D eigenvalue weighted by Crippen LogP contribution is 2.16. The first-order valence-electron chi connectivity index (χ1n) is 8.10. The zero-order valence-electron chi connectivity index (χ0n) is 13.7. The lowest BCUT2D eigenvalue weighted by molar-refractivity contribution is -0.131. The number of piperidine rings is 1. The van der Waals surface area contributed by atoms with Gasteiger partial charge in [-0.3, -0.25) is 9.59 Å². The summed E-state index contributed by atoms with van der Waals surface area (Å²) in [6.45, 7) is 1.54. The second-order valence-electron chi connectivity index (χ2n) is 6.46. The molecule has 1 aliphatic rings. The fourth-order valence-electron chi connectivity index (χ4n) is 3.23. The number of H-pyrrole nitrogens is 1. The van der Waals surface area contributed by atoms with E-state index in [4.69, 9.17) is 0 Å². The van der Waals surface area contributed by atoms with Gasteiger partial charge in [0.25, 0.3) is 5.56 Å². The summed E-state index contributed by atoms with van der Waals surface area (Å²) in [5.74, 6) is 0.0444. The molecule has 23 heavy (non-hydrogen) atoms. The number of hydrogen-bond acceptors (Lipinski definition) is 3. The van der Waals surface area contributed by atoms with Gasteiger partial charge in [0, 0.05) is 30.2 Å². The van der Waals surface area contributed by atoms with Crippen LogP contribution in [0.2, 0.25) is 0 Å². The van der Waals surface area contributed by atoms with Crippen molar-refractivity contribution in [2.45, 2.75) is 25.3 Å². The molecule has 0 aliphatic carbocycles. The molecule has 122 valence electrons. The maximum atomic E-state index is 12.5. The van der Waals surface area contributed by atoms with E-state index in [0.29, 0.717) is 11.6 Å². The zero-order valence-corrected chi connectivity index (χ0v) is 13.7. The molecule has 1 amide bonds. The van der Waals surface area contributed by atoms with Crippen LogP contribution in [0.25, 0.3) is 10.9 Å². The molecule has 5 heteroatoms. The van der Waals surface area contributed by atoms with Crippen molar-refractivity contribution in [3.63, 3.8) is 0 Å². The molecule has 1 aromatic heterocycles. The topological polar surface area (TPSA) is 56.4 Å². The largest absolute Gasteiger partial charge is 0.342 e. The maximum Gasteiger partial charge on any atom is 0.252 e.